The van der Waals surface area contributed by atoms with E-state index in [-0.39, 0.29) is 0 Å². The van der Waals surface area contributed by atoms with E-state index in [0.29, 0.717) is 6.04 Å². The summed E-state index contributed by atoms with van der Waals surface area (Å²) in [5.74, 6) is 1.94. The molecule has 3 heterocycles. The number of hydrogen-bond acceptors (Lipinski definition) is 6. The van der Waals surface area contributed by atoms with Crippen LogP contribution >= 0.6 is 0 Å². The third-order valence-corrected chi connectivity index (χ3v) is 4.69. The van der Waals surface area contributed by atoms with Crippen molar-refractivity contribution in [3.05, 3.63) is 35.2 Å². The highest BCUT2D eigenvalue weighted by Gasteiger charge is 2.32. The van der Waals surface area contributed by atoms with E-state index in [0.717, 1.165) is 43.3 Å². The number of nitrogens with zero attached hydrogens (tertiary/aromatic N) is 6. The monoisotopic (exact) mass is 296 g/mol. The van der Waals surface area contributed by atoms with E-state index in [9.17, 15) is 0 Å². The van der Waals surface area contributed by atoms with Crippen molar-refractivity contribution in [1.29, 1.82) is 0 Å². The standard InChI is InChI=1S/C16H20N6/c1-11-6-7-15(19-17-11)21(2)13-9-22(10-13)16-8-12-4-3-5-14(12)18-20-16/h6-8,13H,3-5,9-10H2,1-2H3. The van der Waals surface area contributed by atoms with Crippen molar-refractivity contribution in [3.63, 3.8) is 0 Å². The summed E-state index contributed by atoms with van der Waals surface area (Å²) in [5, 5.41) is 17.1. The Balaban J connectivity index is 1.42. The first kappa shape index (κ1) is 13.4. The van der Waals surface area contributed by atoms with E-state index in [1.165, 1.54) is 17.7 Å². The van der Waals surface area contributed by atoms with Crippen molar-refractivity contribution < 1.29 is 0 Å². The van der Waals surface area contributed by atoms with Crippen LogP contribution < -0.4 is 9.80 Å². The Morgan fingerprint density at radius 2 is 1.95 bits per heavy atom. The van der Waals surface area contributed by atoms with E-state index in [2.05, 4.69) is 43.3 Å². The van der Waals surface area contributed by atoms with Gasteiger partial charge in [0.25, 0.3) is 0 Å². The molecule has 6 heteroatoms. The molecule has 0 unspecified atom stereocenters. The molecule has 0 saturated carbocycles. The molecule has 0 aromatic carbocycles. The predicted octanol–water partition coefficient (Wildman–Crippen LogP) is 1.39. The fourth-order valence-corrected chi connectivity index (χ4v) is 3.13. The Morgan fingerprint density at radius 1 is 1.09 bits per heavy atom. The van der Waals surface area contributed by atoms with Gasteiger partial charge in [-0.1, -0.05) is 0 Å². The van der Waals surface area contributed by atoms with Gasteiger partial charge in [0.2, 0.25) is 0 Å². The Hall–Kier alpha value is -2.24. The number of anilines is 2. The zero-order valence-electron chi connectivity index (χ0n) is 13.0. The highest BCUT2D eigenvalue weighted by molar-refractivity contribution is 5.49. The van der Waals surface area contributed by atoms with Crippen molar-refractivity contribution in [2.45, 2.75) is 32.2 Å². The quantitative estimate of drug-likeness (QED) is 0.853. The maximum Gasteiger partial charge on any atom is 0.151 e. The molecule has 4 rings (SSSR count). The largest absolute Gasteiger partial charge is 0.352 e. The number of rotatable bonds is 3. The van der Waals surface area contributed by atoms with E-state index < -0.39 is 0 Å². The van der Waals surface area contributed by atoms with Crippen LogP contribution in [0.2, 0.25) is 0 Å². The first-order valence-electron chi connectivity index (χ1n) is 7.84. The first-order chi connectivity index (χ1) is 10.7. The molecule has 0 radical (unpaired) electrons. The van der Waals surface area contributed by atoms with Crippen LogP contribution in [0, 0.1) is 6.92 Å². The summed E-state index contributed by atoms with van der Waals surface area (Å²) in [4.78, 5) is 4.48. The number of fused-ring (bicyclic) bond motifs is 1. The van der Waals surface area contributed by atoms with Crippen LogP contribution in [0.4, 0.5) is 11.6 Å². The van der Waals surface area contributed by atoms with Crippen LogP contribution in [0.15, 0.2) is 18.2 Å². The third kappa shape index (κ3) is 2.28. The van der Waals surface area contributed by atoms with Crippen LogP contribution in [0.25, 0.3) is 0 Å². The molecule has 1 aliphatic heterocycles. The number of hydrogen-bond donors (Lipinski definition) is 0. The average Bonchev–Trinajstić information content (AvgIpc) is 2.94. The van der Waals surface area contributed by atoms with E-state index in [1.807, 2.05) is 19.1 Å². The lowest BCUT2D eigenvalue weighted by Crippen LogP contribution is -2.59. The molecule has 6 nitrogen and oxygen atoms in total. The van der Waals surface area contributed by atoms with E-state index in [4.69, 9.17) is 0 Å². The van der Waals surface area contributed by atoms with Gasteiger partial charge in [0.1, 0.15) is 0 Å². The summed E-state index contributed by atoms with van der Waals surface area (Å²) in [6, 6.07) is 6.70. The lowest BCUT2D eigenvalue weighted by molar-refractivity contribution is 0.486. The molecule has 22 heavy (non-hydrogen) atoms. The van der Waals surface area contributed by atoms with Gasteiger partial charge in [-0.3, -0.25) is 0 Å². The molecule has 1 saturated heterocycles. The zero-order valence-corrected chi connectivity index (χ0v) is 13.0. The summed E-state index contributed by atoms with van der Waals surface area (Å²) in [7, 11) is 2.08. The normalized spacial score (nSPS) is 17.3. The Kier molecular flexibility index (Phi) is 3.17. The SMILES string of the molecule is Cc1ccc(N(C)C2CN(c3cc4c(nn3)CCC4)C2)nn1. The van der Waals surface area contributed by atoms with Crippen LogP contribution in [-0.4, -0.2) is 46.6 Å². The van der Waals surface area contributed by atoms with Crippen LogP contribution in [-0.2, 0) is 12.8 Å². The molecular formula is C16H20N6. The fourth-order valence-electron chi connectivity index (χ4n) is 3.13. The van der Waals surface area contributed by atoms with Crippen molar-refractivity contribution >= 4 is 11.6 Å². The molecule has 0 bridgehead atoms. The van der Waals surface area contributed by atoms with Crippen molar-refractivity contribution in [1.82, 2.24) is 20.4 Å². The summed E-state index contributed by atoms with van der Waals surface area (Å²) in [6.07, 6.45) is 3.44. The zero-order chi connectivity index (χ0) is 15.1. The lowest BCUT2D eigenvalue weighted by atomic mass is 10.1. The van der Waals surface area contributed by atoms with Crippen LogP contribution in [0.3, 0.4) is 0 Å². The predicted molar refractivity (Wildman–Crippen MR) is 85.2 cm³/mol. The van der Waals surface area contributed by atoms with Gasteiger partial charge in [-0.15, -0.1) is 10.2 Å². The Morgan fingerprint density at radius 3 is 2.73 bits per heavy atom. The van der Waals surface area contributed by atoms with Crippen molar-refractivity contribution in [2.24, 2.45) is 0 Å². The summed E-state index contributed by atoms with van der Waals surface area (Å²) in [6.45, 7) is 3.87. The smallest absolute Gasteiger partial charge is 0.151 e. The highest BCUT2D eigenvalue weighted by Crippen LogP contribution is 2.27. The molecule has 0 spiro atoms. The Bertz CT molecular complexity index is 678. The number of aryl methyl sites for hydroxylation is 3. The molecule has 0 amide bonds. The summed E-state index contributed by atoms with van der Waals surface area (Å²) < 4.78 is 0. The van der Waals surface area contributed by atoms with E-state index >= 15 is 0 Å². The van der Waals surface area contributed by atoms with Crippen molar-refractivity contribution in [3.8, 4) is 0 Å². The second-order valence-electron chi connectivity index (χ2n) is 6.23. The second-order valence-corrected chi connectivity index (χ2v) is 6.23. The molecule has 1 aliphatic carbocycles. The van der Waals surface area contributed by atoms with E-state index in [1.54, 1.807) is 0 Å². The maximum atomic E-state index is 4.38. The number of aromatic nitrogens is 4. The molecular weight excluding hydrogens is 276 g/mol. The first-order valence-corrected chi connectivity index (χ1v) is 7.84. The third-order valence-electron chi connectivity index (χ3n) is 4.69. The van der Waals surface area contributed by atoms with Gasteiger partial charge in [0, 0.05) is 20.1 Å². The van der Waals surface area contributed by atoms with Crippen molar-refractivity contribution in [2.75, 3.05) is 29.9 Å². The average molecular weight is 296 g/mol. The molecule has 2 aliphatic rings. The topological polar surface area (TPSA) is 58.0 Å². The summed E-state index contributed by atoms with van der Waals surface area (Å²) >= 11 is 0. The minimum Gasteiger partial charge on any atom is -0.352 e. The van der Waals surface area contributed by atoms with Gasteiger partial charge in [-0.25, -0.2) is 0 Å². The van der Waals surface area contributed by atoms with Gasteiger partial charge in [-0.2, -0.15) is 10.2 Å². The molecule has 2 aromatic rings. The maximum absolute atomic E-state index is 4.38. The molecule has 1 fully saturated rings. The highest BCUT2D eigenvalue weighted by atomic mass is 15.4. The lowest BCUT2D eigenvalue weighted by Gasteiger charge is -2.44. The molecule has 0 N–H and O–H groups in total. The number of likely N-dealkylation sites (N-methyl/N-ethyl adjacent to an activating group) is 1. The molecule has 2 aromatic heterocycles. The van der Waals surface area contributed by atoms with Gasteiger partial charge in [0.05, 0.1) is 17.4 Å². The molecule has 114 valence electrons. The van der Waals surface area contributed by atoms with Crippen LogP contribution in [0.5, 0.6) is 0 Å². The Labute approximate surface area is 130 Å². The van der Waals surface area contributed by atoms with Crippen LogP contribution in [0.1, 0.15) is 23.4 Å². The fraction of sp³-hybridized carbons (Fsp3) is 0.500. The van der Waals surface area contributed by atoms with Gasteiger partial charge in [-0.05, 0) is 49.9 Å². The minimum absolute atomic E-state index is 0.451. The van der Waals surface area contributed by atoms with Gasteiger partial charge >= 0.3 is 0 Å². The molecule has 0 atom stereocenters. The van der Waals surface area contributed by atoms with Gasteiger partial charge < -0.3 is 9.80 Å². The minimum atomic E-state index is 0.451. The van der Waals surface area contributed by atoms with Gasteiger partial charge in [0.15, 0.2) is 11.6 Å². The second kappa shape index (κ2) is 5.19. The summed E-state index contributed by atoms with van der Waals surface area (Å²) in [5.41, 5.74) is 3.51.